The third-order valence-electron chi connectivity index (χ3n) is 3.04. The normalized spacial score (nSPS) is 9.72. The van der Waals surface area contributed by atoms with Crippen molar-refractivity contribution >= 4 is 17.9 Å². The molecule has 0 heterocycles. The Hall–Kier alpha value is -2.41. The summed E-state index contributed by atoms with van der Waals surface area (Å²) in [5.41, 5.74) is -0.837. The minimum Gasteiger partial charge on any atom is -0.462 e. The van der Waals surface area contributed by atoms with Crippen LogP contribution in [0.5, 0.6) is 0 Å². The zero-order valence-corrected chi connectivity index (χ0v) is 15.0. The number of hydrogen-bond donors (Lipinski definition) is 1. The SMILES string of the molecule is C=CC(=O)OCC(CC)(COC(=O)C=C)COC(=O)C=C.CCCO. The molecule has 0 atom stereocenters. The lowest BCUT2D eigenvalue weighted by molar-refractivity contribution is -0.156. The Morgan fingerprint density at radius 1 is 0.840 bits per heavy atom. The molecule has 0 unspecified atom stereocenters. The van der Waals surface area contributed by atoms with Gasteiger partial charge in [-0.2, -0.15) is 0 Å². The second-order valence-electron chi connectivity index (χ2n) is 5.01. The fourth-order valence-electron chi connectivity index (χ4n) is 1.28. The molecular weight excluding hydrogens is 328 g/mol. The molecule has 0 aliphatic rings. The lowest BCUT2D eigenvalue weighted by Gasteiger charge is -2.30. The van der Waals surface area contributed by atoms with Crippen LogP contribution in [0.1, 0.15) is 26.7 Å². The fraction of sp³-hybridized carbons (Fsp3) is 0.500. The Kier molecular flexibility index (Phi) is 15.0. The molecule has 0 radical (unpaired) electrons. The summed E-state index contributed by atoms with van der Waals surface area (Å²) >= 11 is 0. The molecule has 0 aromatic rings. The standard InChI is InChI=1S/C15H20O6.C3H8O/c1-5-12(16)19-9-15(8-4,10-20-13(17)6-2)11-21-14(18)7-3;1-2-3-4/h5-7H,1-3,8-11H2,4H3;4H,2-3H2,1H3. The van der Waals surface area contributed by atoms with E-state index in [0.29, 0.717) is 13.0 Å². The molecule has 0 rings (SSSR count). The number of hydrogen-bond acceptors (Lipinski definition) is 7. The summed E-state index contributed by atoms with van der Waals surface area (Å²) in [5.74, 6) is -1.84. The molecule has 25 heavy (non-hydrogen) atoms. The van der Waals surface area contributed by atoms with E-state index < -0.39 is 23.3 Å². The Morgan fingerprint density at radius 2 is 1.12 bits per heavy atom. The van der Waals surface area contributed by atoms with Crippen LogP contribution in [0.15, 0.2) is 38.0 Å². The number of aliphatic hydroxyl groups is 1. The van der Waals surface area contributed by atoms with Crippen LogP contribution in [-0.4, -0.2) is 49.4 Å². The zero-order chi connectivity index (χ0) is 19.7. The second-order valence-corrected chi connectivity index (χ2v) is 5.01. The van der Waals surface area contributed by atoms with Gasteiger partial charge < -0.3 is 19.3 Å². The van der Waals surface area contributed by atoms with Crippen molar-refractivity contribution in [1.82, 2.24) is 0 Å². The van der Waals surface area contributed by atoms with Gasteiger partial charge in [0.15, 0.2) is 0 Å². The Bertz CT molecular complexity index is 393. The predicted octanol–water partition coefficient (Wildman–Crippen LogP) is 1.96. The van der Waals surface area contributed by atoms with Gasteiger partial charge in [-0.15, -0.1) is 0 Å². The summed E-state index contributed by atoms with van der Waals surface area (Å²) in [6, 6.07) is 0. The van der Waals surface area contributed by atoms with E-state index in [9.17, 15) is 14.4 Å². The molecule has 0 aromatic heterocycles. The molecule has 0 saturated carbocycles. The first kappa shape index (κ1) is 24.8. The molecular formula is C18H28O7. The third-order valence-corrected chi connectivity index (χ3v) is 3.04. The van der Waals surface area contributed by atoms with E-state index in [1.54, 1.807) is 6.92 Å². The van der Waals surface area contributed by atoms with Crippen LogP contribution < -0.4 is 0 Å². The fourth-order valence-corrected chi connectivity index (χ4v) is 1.28. The van der Waals surface area contributed by atoms with E-state index in [1.807, 2.05) is 6.92 Å². The molecule has 0 aromatic carbocycles. The summed E-state index contributed by atoms with van der Waals surface area (Å²) in [5, 5.41) is 7.88. The first-order chi connectivity index (χ1) is 11.8. The smallest absolute Gasteiger partial charge is 0.330 e. The summed E-state index contributed by atoms with van der Waals surface area (Å²) in [4.78, 5) is 33.5. The second kappa shape index (κ2) is 15.1. The molecule has 7 heteroatoms. The maximum Gasteiger partial charge on any atom is 0.330 e. The number of aliphatic hydroxyl groups excluding tert-OH is 1. The molecule has 0 saturated heterocycles. The highest BCUT2D eigenvalue weighted by atomic mass is 16.6. The van der Waals surface area contributed by atoms with Crippen molar-refractivity contribution in [3.05, 3.63) is 38.0 Å². The minimum absolute atomic E-state index is 0.0802. The van der Waals surface area contributed by atoms with Crippen molar-refractivity contribution in [2.75, 3.05) is 26.4 Å². The predicted molar refractivity (Wildman–Crippen MR) is 93.6 cm³/mol. The molecule has 142 valence electrons. The molecule has 0 amide bonds. The number of ether oxygens (including phenoxy) is 3. The van der Waals surface area contributed by atoms with Crippen LogP contribution in [-0.2, 0) is 28.6 Å². The summed E-state index contributed by atoms with van der Waals surface area (Å²) in [6.07, 6.45) is 4.38. The molecule has 0 aliphatic carbocycles. The highest BCUT2D eigenvalue weighted by molar-refractivity contribution is 5.82. The number of rotatable bonds is 11. The molecule has 1 N–H and O–H groups in total. The van der Waals surface area contributed by atoms with Crippen molar-refractivity contribution in [3.8, 4) is 0 Å². The molecule has 0 spiro atoms. The van der Waals surface area contributed by atoms with Crippen LogP contribution in [0.3, 0.4) is 0 Å². The van der Waals surface area contributed by atoms with Crippen LogP contribution in [0, 0.1) is 5.41 Å². The summed E-state index contributed by atoms with van der Waals surface area (Å²) in [7, 11) is 0. The van der Waals surface area contributed by atoms with E-state index in [0.717, 1.165) is 24.6 Å². The van der Waals surface area contributed by atoms with Crippen molar-refractivity contribution < 1.29 is 33.7 Å². The average Bonchev–Trinajstić information content (AvgIpc) is 2.66. The van der Waals surface area contributed by atoms with Crippen LogP contribution in [0.2, 0.25) is 0 Å². The van der Waals surface area contributed by atoms with Gasteiger partial charge in [0, 0.05) is 24.8 Å². The first-order valence-corrected chi connectivity index (χ1v) is 7.83. The molecule has 7 nitrogen and oxygen atoms in total. The van der Waals surface area contributed by atoms with Gasteiger partial charge in [0.1, 0.15) is 19.8 Å². The first-order valence-electron chi connectivity index (χ1n) is 7.83. The summed E-state index contributed by atoms with van der Waals surface area (Å²) < 4.78 is 15.0. The van der Waals surface area contributed by atoms with E-state index in [1.165, 1.54) is 0 Å². The van der Waals surface area contributed by atoms with Crippen molar-refractivity contribution in [2.24, 2.45) is 5.41 Å². The minimum atomic E-state index is -0.837. The van der Waals surface area contributed by atoms with Gasteiger partial charge in [-0.25, -0.2) is 14.4 Å². The van der Waals surface area contributed by atoms with Crippen molar-refractivity contribution in [2.45, 2.75) is 26.7 Å². The third kappa shape index (κ3) is 12.7. The van der Waals surface area contributed by atoms with Gasteiger partial charge in [-0.3, -0.25) is 0 Å². The Labute approximate surface area is 148 Å². The van der Waals surface area contributed by atoms with E-state index in [4.69, 9.17) is 19.3 Å². The van der Waals surface area contributed by atoms with Crippen molar-refractivity contribution in [1.29, 1.82) is 0 Å². The van der Waals surface area contributed by atoms with Gasteiger partial charge in [-0.1, -0.05) is 33.6 Å². The molecule has 0 bridgehead atoms. The highest BCUT2D eigenvalue weighted by Crippen LogP contribution is 2.24. The topological polar surface area (TPSA) is 99.1 Å². The van der Waals surface area contributed by atoms with Gasteiger partial charge >= 0.3 is 17.9 Å². The van der Waals surface area contributed by atoms with E-state index in [-0.39, 0.29) is 19.8 Å². The molecule has 0 fully saturated rings. The average molecular weight is 356 g/mol. The van der Waals surface area contributed by atoms with Crippen molar-refractivity contribution in [3.63, 3.8) is 0 Å². The van der Waals surface area contributed by atoms with Gasteiger partial charge in [0.05, 0.1) is 5.41 Å². The number of carbonyl (C=O) groups excluding carboxylic acids is 3. The quantitative estimate of drug-likeness (QED) is 0.343. The highest BCUT2D eigenvalue weighted by Gasteiger charge is 2.33. The zero-order valence-electron chi connectivity index (χ0n) is 15.0. The van der Waals surface area contributed by atoms with Gasteiger partial charge in [0.2, 0.25) is 0 Å². The summed E-state index contributed by atoms with van der Waals surface area (Å²) in [6.45, 7) is 13.7. The Balaban J connectivity index is 0. The monoisotopic (exact) mass is 356 g/mol. The number of esters is 3. The molecule has 0 aliphatic heterocycles. The largest absolute Gasteiger partial charge is 0.462 e. The lowest BCUT2D eigenvalue weighted by atomic mass is 9.88. The lowest BCUT2D eigenvalue weighted by Crippen LogP contribution is -2.38. The van der Waals surface area contributed by atoms with Crippen LogP contribution in [0.25, 0.3) is 0 Å². The number of carbonyl (C=O) groups is 3. The maximum absolute atomic E-state index is 11.2. The maximum atomic E-state index is 11.2. The van der Waals surface area contributed by atoms with Crippen LogP contribution in [0.4, 0.5) is 0 Å². The van der Waals surface area contributed by atoms with Crippen LogP contribution >= 0.6 is 0 Å². The van der Waals surface area contributed by atoms with E-state index in [2.05, 4.69) is 19.7 Å². The Morgan fingerprint density at radius 3 is 1.28 bits per heavy atom. The van der Waals surface area contributed by atoms with Gasteiger partial charge in [-0.05, 0) is 12.8 Å². The van der Waals surface area contributed by atoms with E-state index >= 15 is 0 Å². The van der Waals surface area contributed by atoms with Gasteiger partial charge in [0.25, 0.3) is 0 Å².